The first-order chi connectivity index (χ1) is 10.7. The molecule has 2 saturated heterocycles. The summed E-state index contributed by atoms with van der Waals surface area (Å²) in [4.78, 5) is 25.4. The van der Waals surface area contributed by atoms with Crippen molar-refractivity contribution < 1.29 is 4.79 Å². The van der Waals surface area contributed by atoms with Crippen LogP contribution < -0.4 is 10.2 Å². The number of carbonyl (C=O) groups excluding carboxylic acids is 1. The average molecular weight is 324 g/mol. The quantitative estimate of drug-likeness (QED) is 0.908. The van der Waals surface area contributed by atoms with E-state index in [-0.39, 0.29) is 5.91 Å². The smallest absolute Gasteiger partial charge is 0.274 e. The molecule has 2 fully saturated rings. The van der Waals surface area contributed by atoms with E-state index < -0.39 is 0 Å². The Bertz CT molecular complexity index is 547. The zero-order valence-electron chi connectivity index (χ0n) is 12.9. The first kappa shape index (κ1) is 15.5. The van der Waals surface area contributed by atoms with Crippen molar-refractivity contribution in [3.63, 3.8) is 0 Å². The molecular formula is C15H22ClN5O. The number of nitrogens with zero attached hydrogens (tertiary/aromatic N) is 4. The Hall–Kier alpha value is -1.40. The van der Waals surface area contributed by atoms with Gasteiger partial charge in [-0.25, -0.2) is 9.97 Å². The van der Waals surface area contributed by atoms with Crippen LogP contribution in [0.25, 0.3) is 0 Å². The van der Waals surface area contributed by atoms with Crippen LogP contribution in [0.5, 0.6) is 0 Å². The largest absolute Gasteiger partial charge is 0.341 e. The van der Waals surface area contributed by atoms with Crippen LogP contribution in [0.2, 0.25) is 5.02 Å². The maximum absolute atomic E-state index is 12.7. The summed E-state index contributed by atoms with van der Waals surface area (Å²) in [5.41, 5.74) is 0.337. The van der Waals surface area contributed by atoms with Crippen LogP contribution in [0.1, 0.15) is 29.8 Å². The van der Waals surface area contributed by atoms with E-state index >= 15 is 0 Å². The molecule has 0 aromatic carbocycles. The second-order valence-corrected chi connectivity index (χ2v) is 6.43. The van der Waals surface area contributed by atoms with Crippen LogP contribution in [-0.4, -0.2) is 60.5 Å². The van der Waals surface area contributed by atoms with Crippen LogP contribution in [0.3, 0.4) is 0 Å². The van der Waals surface area contributed by atoms with Crippen molar-refractivity contribution in [1.82, 2.24) is 20.2 Å². The minimum atomic E-state index is -0.0774. The van der Waals surface area contributed by atoms with Gasteiger partial charge in [-0.05, 0) is 38.8 Å². The number of amides is 1. The number of anilines is 1. The van der Waals surface area contributed by atoms with E-state index in [4.69, 9.17) is 11.6 Å². The number of rotatable bonds is 4. The molecule has 6 nitrogen and oxygen atoms in total. The van der Waals surface area contributed by atoms with Crippen molar-refractivity contribution in [1.29, 1.82) is 0 Å². The van der Waals surface area contributed by atoms with Gasteiger partial charge in [0.25, 0.3) is 5.91 Å². The normalized spacial score (nSPS) is 21.6. The van der Waals surface area contributed by atoms with Crippen LogP contribution in [0.4, 0.5) is 5.95 Å². The van der Waals surface area contributed by atoms with Gasteiger partial charge in [-0.3, -0.25) is 4.79 Å². The van der Waals surface area contributed by atoms with Gasteiger partial charge in [0, 0.05) is 26.2 Å². The zero-order valence-corrected chi connectivity index (χ0v) is 13.6. The minimum Gasteiger partial charge on any atom is -0.341 e. The molecule has 2 aliphatic heterocycles. The maximum atomic E-state index is 12.7. The second kappa shape index (κ2) is 6.79. The average Bonchev–Trinajstić information content (AvgIpc) is 3.19. The highest BCUT2D eigenvalue weighted by Gasteiger charge is 2.29. The Morgan fingerprint density at radius 1 is 1.41 bits per heavy atom. The van der Waals surface area contributed by atoms with Gasteiger partial charge in [-0.15, -0.1) is 0 Å². The fourth-order valence-electron chi connectivity index (χ4n) is 3.20. The van der Waals surface area contributed by atoms with E-state index in [1.807, 2.05) is 11.9 Å². The topological polar surface area (TPSA) is 61.4 Å². The lowest BCUT2D eigenvalue weighted by Crippen LogP contribution is -2.32. The molecule has 7 heteroatoms. The highest BCUT2D eigenvalue weighted by Crippen LogP contribution is 2.23. The third-order valence-electron chi connectivity index (χ3n) is 4.39. The van der Waals surface area contributed by atoms with Crippen LogP contribution in [0.15, 0.2) is 6.20 Å². The zero-order chi connectivity index (χ0) is 15.5. The molecule has 3 rings (SSSR count). The highest BCUT2D eigenvalue weighted by molar-refractivity contribution is 6.33. The lowest BCUT2D eigenvalue weighted by molar-refractivity contribution is 0.0781. The Kier molecular flexibility index (Phi) is 4.78. The summed E-state index contributed by atoms with van der Waals surface area (Å²) in [7, 11) is 1.94. The van der Waals surface area contributed by atoms with Crippen molar-refractivity contribution in [2.24, 2.45) is 5.92 Å². The van der Waals surface area contributed by atoms with Gasteiger partial charge >= 0.3 is 0 Å². The first-order valence-electron chi connectivity index (χ1n) is 7.90. The standard InChI is InChI=1S/C15H22ClN5O/c1-17-8-11-4-7-21(10-11)14(22)13-12(16)9-18-15(19-13)20-5-2-3-6-20/h9,11,17H,2-8,10H2,1H3/t11-/m0/s1. The third-order valence-corrected chi connectivity index (χ3v) is 4.67. The molecule has 1 aromatic heterocycles. The molecule has 0 saturated carbocycles. The SMILES string of the molecule is CNC[C@@H]1CCN(C(=O)c2nc(N3CCCC3)ncc2Cl)C1. The number of halogens is 1. The molecule has 1 N–H and O–H groups in total. The van der Waals surface area contributed by atoms with Gasteiger partial charge in [0.15, 0.2) is 5.69 Å². The van der Waals surface area contributed by atoms with Gasteiger partial charge in [0.2, 0.25) is 5.95 Å². The molecule has 1 aromatic rings. The predicted molar refractivity (Wildman–Crippen MR) is 86.4 cm³/mol. The molecule has 0 radical (unpaired) electrons. The van der Waals surface area contributed by atoms with Crippen molar-refractivity contribution in [3.8, 4) is 0 Å². The molecule has 0 spiro atoms. The van der Waals surface area contributed by atoms with Crippen molar-refractivity contribution in [2.75, 3.05) is 44.7 Å². The fraction of sp³-hybridized carbons (Fsp3) is 0.667. The summed E-state index contributed by atoms with van der Waals surface area (Å²) < 4.78 is 0. The van der Waals surface area contributed by atoms with Gasteiger partial charge in [0.1, 0.15) is 0 Å². The van der Waals surface area contributed by atoms with E-state index in [2.05, 4.69) is 20.2 Å². The van der Waals surface area contributed by atoms with Crippen molar-refractivity contribution in [3.05, 3.63) is 16.9 Å². The van der Waals surface area contributed by atoms with E-state index in [1.54, 1.807) is 6.20 Å². The number of aromatic nitrogens is 2. The Morgan fingerprint density at radius 2 is 2.18 bits per heavy atom. The Morgan fingerprint density at radius 3 is 2.91 bits per heavy atom. The van der Waals surface area contributed by atoms with E-state index in [0.29, 0.717) is 22.6 Å². The van der Waals surface area contributed by atoms with Gasteiger partial charge in [0.05, 0.1) is 11.2 Å². The molecular weight excluding hydrogens is 302 g/mol. The lowest BCUT2D eigenvalue weighted by atomic mass is 10.1. The van der Waals surface area contributed by atoms with Gasteiger partial charge in [-0.1, -0.05) is 11.6 Å². The monoisotopic (exact) mass is 323 g/mol. The summed E-state index contributed by atoms with van der Waals surface area (Å²) in [6.07, 6.45) is 4.87. The van der Waals surface area contributed by atoms with Crippen molar-refractivity contribution >= 4 is 23.5 Å². The number of hydrogen-bond donors (Lipinski definition) is 1. The molecule has 3 heterocycles. The van der Waals surface area contributed by atoms with E-state index in [9.17, 15) is 4.79 Å². The molecule has 2 aliphatic rings. The van der Waals surface area contributed by atoms with E-state index in [0.717, 1.165) is 52.0 Å². The number of hydrogen-bond acceptors (Lipinski definition) is 5. The van der Waals surface area contributed by atoms with Gasteiger partial charge < -0.3 is 15.1 Å². The third kappa shape index (κ3) is 3.17. The molecule has 22 heavy (non-hydrogen) atoms. The highest BCUT2D eigenvalue weighted by atomic mass is 35.5. The number of carbonyl (C=O) groups is 1. The Labute approximate surface area is 135 Å². The van der Waals surface area contributed by atoms with E-state index in [1.165, 1.54) is 0 Å². The molecule has 0 unspecified atom stereocenters. The summed E-state index contributed by atoms with van der Waals surface area (Å²) in [6.45, 7) is 4.36. The molecule has 120 valence electrons. The minimum absolute atomic E-state index is 0.0774. The molecule has 1 amide bonds. The maximum Gasteiger partial charge on any atom is 0.274 e. The summed E-state index contributed by atoms with van der Waals surface area (Å²) in [5.74, 6) is 1.05. The van der Waals surface area contributed by atoms with Crippen LogP contribution in [0, 0.1) is 5.92 Å². The predicted octanol–water partition coefficient (Wildman–Crippen LogP) is 1.41. The summed E-state index contributed by atoms with van der Waals surface area (Å²) >= 11 is 6.17. The fourth-order valence-corrected chi connectivity index (χ4v) is 3.37. The lowest BCUT2D eigenvalue weighted by Gasteiger charge is -2.19. The number of likely N-dealkylation sites (tertiary alicyclic amines) is 1. The van der Waals surface area contributed by atoms with Crippen molar-refractivity contribution in [2.45, 2.75) is 19.3 Å². The number of nitrogens with one attached hydrogen (secondary N) is 1. The van der Waals surface area contributed by atoms with Crippen LogP contribution in [-0.2, 0) is 0 Å². The molecule has 0 bridgehead atoms. The molecule has 1 atom stereocenters. The summed E-state index contributed by atoms with van der Waals surface area (Å²) in [5, 5.41) is 3.51. The first-order valence-corrected chi connectivity index (χ1v) is 8.28. The van der Waals surface area contributed by atoms with Gasteiger partial charge in [-0.2, -0.15) is 0 Å². The Balaban J connectivity index is 1.75. The van der Waals surface area contributed by atoms with Crippen LogP contribution >= 0.6 is 11.6 Å². The summed E-state index contributed by atoms with van der Waals surface area (Å²) in [6, 6.07) is 0. The second-order valence-electron chi connectivity index (χ2n) is 6.02. The molecule has 0 aliphatic carbocycles.